The predicted octanol–water partition coefficient (Wildman–Crippen LogP) is 3.24. The standard InChI is InChI=1S/C18H28N2O/c1-4-11-19-16-17-9-7-8-10-18(17)21-15-14-20(12-5-2)13-6-3/h5-10,19H,2-4,11-16H2,1H3. The molecule has 0 heterocycles. The maximum Gasteiger partial charge on any atom is 0.123 e. The molecule has 1 rings (SSSR count). The number of rotatable bonds is 12. The first-order valence-electron chi connectivity index (χ1n) is 7.67. The Labute approximate surface area is 129 Å². The Bertz CT molecular complexity index is 407. The summed E-state index contributed by atoms with van der Waals surface area (Å²) >= 11 is 0. The SMILES string of the molecule is C=CCN(CC=C)CCOc1ccccc1CNCCC. The Morgan fingerprint density at radius 1 is 1.19 bits per heavy atom. The van der Waals surface area contributed by atoms with Gasteiger partial charge in [0.2, 0.25) is 0 Å². The fraction of sp³-hybridized carbons (Fsp3) is 0.444. The number of hydrogen-bond donors (Lipinski definition) is 1. The van der Waals surface area contributed by atoms with Crippen molar-refractivity contribution in [3.63, 3.8) is 0 Å². The molecule has 0 saturated heterocycles. The highest BCUT2D eigenvalue weighted by atomic mass is 16.5. The summed E-state index contributed by atoms with van der Waals surface area (Å²) in [7, 11) is 0. The van der Waals surface area contributed by atoms with Crippen LogP contribution in [0.1, 0.15) is 18.9 Å². The van der Waals surface area contributed by atoms with Gasteiger partial charge in [-0.3, -0.25) is 4.90 Å². The molecule has 1 N–H and O–H groups in total. The van der Waals surface area contributed by atoms with E-state index < -0.39 is 0 Å². The highest BCUT2D eigenvalue weighted by Gasteiger charge is 2.04. The second-order valence-electron chi connectivity index (χ2n) is 4.97. The second-order valence-corrected chi connectivity index (χ2v) is 4.97. The van der Waals surface area contributed by atoms with E-state index in [1.165, 1.54) is 5.56 Å². The van der Waals surface area contributed by atoms with Crippen LogP contribution in [0.4, 0.5) is 0 Å². The molecule has 1 aromatic rings. The first-order valence-corrected chi connectivity index (χ1v) is 7.67. The topological polar surface area (TPSA) is 24.5 Å². The largest absolute Gasteiger partial charge is 0.492 e. The molecule has 0 fully saturated rings. The first-order chi connectivity index (χ1) is 10.3. The fourth-order valence-corrected chi connectivity index (χ4v) is 2.10. The second kappa shape index (κ2) is 11.1. The molecule has 116 valence electrons. The van der Waals surface area contributed by atoms with Crippen molar-refractivity contribution in [2.24, 2.45) is 0 Å². The third-order valence-corrected chi connectivity index (χ3v) is 3.15. The van der Waals surface area contributed by atoms with Crippen molar-refractivity contribution >= 4 is 0 Å². The fourth-order valence-electron chi connectivity index (χ4n) is 2.10. The van der Waals surface area contributed by atoms with E-state index >= 15 is 0 Å². The first kappa shape index (κ1) is 17.5. The van der Waals surface area contributed by atoms with E-state index in [1.807, 2.05) is 24.3 Å². The lowest BCUT2D eigenvalue weighted by atomic mass is 10.2. The van der Waals surface area contributed by atoms with Gasteiger partial charge in [-0.2, -0.15) is 0 Å². The molecule has 0 saturated carbocycles. The molecule has 0 aliphatic carbocycles. The molecule has 3 nitrogen and oxygen atoms in total. The van der Waals surface area contributed by atoms with Gasteiger partial charge in [-0.05, 0) is 19.0 Å². The summed E-state index contributed by atoms with van der Waals surface area (Å²) in [6, 6.07) is 8.22. The average Bonchev–Trinajstić information content (AvgIpc) is 2.49. The third-order valence-electron chi connectivity index (χ3n) is 3.15. The van der Waals surface area contributed by atoms with Gasteiger partial charge in [0, 0.05) is 31.7 Å². The van der Waals surface area contributed by atoms with Crippen molar-refractivity contribution in [3.8, 4) is 5.75 Å². The maximum atomic E-state index is 5.94. The van der Waals surface area contributed by atoms with Gasteiger partial charge in [0.15, 0.2) is 0 Å². The van der Waals surface area contributed by atoms with E-state index in [2.05, 4.69) is 42.4 Å². The summed E-state index contributed by atoms with van der Waals surface area (Å²) in [5.41, 5.74) is 1.21. The number of benzene rings is 1. The van der Waals surface area contributed by atoms with Gasteiger partial charge in [-0.15, -0.1) is 13.2 Å². The summed E-state index contributed by atoms with van der Waals surface area (Å²) in [5, 5.41) is 3.41. The number of nitrogens with zero attached hydrogens (tertiary/aromatic N) is 1. The molecular weight excluding hydrogens is 260 g/mol. The molecular formula is C18H28N2O. The zero-order valence-electron chi connectivity index (χ0n) is 13.2. The van der Waals surface area contributed by atoms with Crippen molar-refractivity contribution in [3.05, 3.63) is 55.1 Å². The normalized spacial score (nSPS) is 10.6. The molecule has 0 atom stereocenters. The molecule has 0 bridgehead atoms. The highest BCUT2D eigenvalue weighted by Crippen LogP contribution is 2.17. The van der Waals surface area contributed by atoms with Crippen molar-refractivity contribution < 1.29 is 4.74 Å². The monoisotopic (exact) mass is 288 g/mol. The van der Waals surface area contributed by atoms with Crippen molar-refractivity contribution in [2.45, 2.75) is 19.9 Å². The molecule has 0 aromatic heterocycles. The Morgan fingerprint density at radius 2 is 1.90 bits per heavy atom. The van der Waals surface area contributed by atoms with Crippen LogP contribution in [0.15, 0.2) is 49.6 Å². The van der Waals surface area contributed by atoms with Crippen LogP contribution in [0.3, 0.4) is 0 Å². The molecule has 0 amide bonds. The number of para-hydroxylation sites is 1. The van der Waals surface area contributed by atoms with E-state index in [4.69, 9.17) is 4.74 Å². The summed E-state index contributed by atoms with van der Waals surface area (Å²) in [4.78, 5) is 2.25. The van der Waals surface area contributed by atoms with Gasteiger partial charge in [-0.1, -0.05) is 37.3 Å². The van der Waals surface area contributed by atoms with Crippen molar-refractivity contribution in [2.75, 3.05) is 32.8 Å². The highest BCUT2D eigenvalue weighted by molar-refractivity contribution is 5.33. The molecule has 21 heavy (non-hydrogen) atoms. The number of nitrogens with one attached hydrogen (secondary N) is 1. The van der Waals surface area contributed by atoms with Crippen LogP contribution in [0.25, 0.3) is 0 Å². The lowest BCUT2D eigenvalue weighted by Gasteiger charge is -2.19. The van der Waals surface area contributed by atoms with E-state index in [0.717, 1.165) is 44.9 Å². The number of ether oxygens (including phenoxy) is 1. The quantitative estimate of drug-likeness (QED) is 0.472. The Morgan fingerprint density at radius 3 is 2.57 bits per heavy atom. The van der Waals surface area contributed by atoms with E-state index in [1.54, 1.807) is 0 Å². The summed E-state index contributed by atoms with van der Waals surface area (Å²) in [6.07, 6.45) is 4.96. The zero-order chi connectivity index (χ0) is 15.3. The van der Waals surface area contributed by atoms with Crippen LogP contribution >= 0.6 is 0 Å². The molecule has 0 aliphatic heterocycles. The third kappa shape index (κ3) is 7.11. The minimum absolute atomic E-state index is 0.673. The van der Waals surface area contributed by atoms with Gasteiger partial charge in [-0.25, -0.2) is 0 Å². The van der Waals surface area contributed by atoms with Gasteiger partial charge >= 0.3 is 0 Å². The van der Waals surface area contributed by atoms with Crippen LogP contribution in [0.2, 0.25) is 0 Å². The lowest BCUT2D eigenvalue weighted by molar-refractivity contribution is 0.235. The van der Waals surface area contributed by atoms with Crippen molar-refractivity contribution in [1.29, 1.82) is 0 Å². The summed E-state index contributed by atoms with van der Waals surface area (Å²) < 4.78 is 5.94. The van der Waals surface area contributed by atoms with Gasteiger partial charge in [0.1, 0.15) is 12.4 Å². The van der Waals surface area contributed by atoms with E-state index in [9.17, 15) is 0 Å². The van der Waals surface area contributed by atoms with Crippen molar-refractivity contribution in [1.82, 2.24) is 10.2 Å². The van der Waals surface area contributed by atoms with Crippen LogP contribution in [0, 0.1) is 0 Å². The molecule has 1 aromatic carbocycles. The average molecular weight is 288 g/mol. The molecule has 3 heteroatoms. The Balaban J connectivity index is 2.46. The smallest absolute Gasteiger partial charge is 0.123 e. The Hall–Kier alpha value is -1.58. The van der Waals surface area contributed by atoms with Crippen LogP contribution in [0.5, 0.6) is 5.75 Å². The molecule has 0 spiro atoms. The molecule has 0 radical (unpaired) electrons. The van der Waals surface area contributed by atoms with Crippen LogP contribution in [-0.2, 0) is 6.54 Å². The van der Waals surface area contributed by atoms with Gasteiger partial charge < -0.3 is 10.1 Å². The van der Waals surface area contributed by atoms with E-state index in [-0.39, 0.29) is 0 Å². The Kier molecular flexibility index (Phi) is 9.25. The zero-order valence-corrected chi connectivity index (χ0v) is 13.2. The van der Waals surface area contributed by atoms with Gasteiger partial charge in [0.05, 0.1) is 0 Å². The summed E-state index contributed by atoms with van der Waals surface area (Å²) in [6.45, 7) is 14.9. The lowest BCUT2D eigenvalue weighted by Crippen LogP contribution is -2.29. The summed E-state index contributed by atoms with van der Waals surface area (Å²) in [5.74, 6) is 0.971. The van der Waals surface area contributed by atoms with Crippen LogP contribution < -0.4 is 10.1 Å². The minimum atomic E-state index is 0.673. The minimum Gasteiger partial charge on any atom is -0.492 e. The van der Waals surface area contributed by atoms with Gasteiger partial charge in [0.25, 0.3) is 0 Å². The molecule has 0 aliphatic rings. The number of hydrogen-bond acceptors (Lipinski definition) is 3. The maximum absolute atomic E-state index is 5.94. The van der Waals surface area contributed by atoms with Crippen LogP contribution in [-0.4, -0.2) is 37.7 Å². The molecule has 0 unspecified atom stereocenters. The van der Waals surface area contributed by atoms with E-state index in [0.29, 0.717) is 6.61 Å². The predicted molar refractivity (Wildman–Crippen MR) is 90.8 cm³/mol.